The first-order chi connectivity index (χ1) is 6.00. The maximum atomic E-state index is 5.58. The zero-order chi connectivity index (χ0) is 9.90. The fourth-order valence-corrected chi connectivity index (χ4v) is 0.784. The highest BCUT2D eigenvalue weighted by atomic mass is 16.5. The van der Waals surface area contributed by atoms with Crippen LogP contribution in [0.15, 0.2) is 42.7 Å². The second kappa shape index (κ2) is 3.65. The molecule has 13 heavy (non-hydrogen) atoms. The van der Waals surface area contributed by atoms with Crippen LogP contribution in [0.5, 0.6) is 5.75 Å². The number of para-hydroxylation sites is 1. The van der Waals surface area contributed by atoms with Crippen LogP contribution in [0.2, 0.25) is 0 Å². The fourth-order valence-electron chi connectivity index (χ4n) is 0.784. The van der Waals surface area contributed by atoms with Gasteiger partial charge in [-0.2, -0.15) is 0 Å². The van der Waals surface area contributed by atoms with E-state index in [9.17, 15) is 0 Å². The number of rotatable bonds is 2. The molecule has 0 N–H and O–H groups in total. The summed E-state index contributed by atoms with van der Waals surface area (Å²) in [5, 5.41) is 0. The van der Waals surface area contributed by atoms with Crippen LogP contribution in [0.3, 0.4) is 0 Å². The van der Waals surface area contributed by atoms with Gasteiger partial charge in [-0.3, -0.25) is 0 Å². The zero-order valence-electron chi connectivity index (χ0n) is 8.50. The number of hydrogen-bond acceptors (Lipinski definition) is 1. The van der Waals surface area contributed by atoms with E-state index in [0.29, 0.717) is 0 Å². The van der Waals surface area contributed by atoms with Gasteiger partial charge in [-0.05, 0) is 12.1 Å². The van der Waals surface area contributed by atoms with Crippen molar-refractivity contribution in [2.75, 3.05) is 0 Å². The van der Waals surface area contributed by atoms with E-state index in [1.165, 1.54) is 0 Å². The van der Waals surface area contributed by atoms with Crippen molar-refractivity contribution in [3.8, 4) is 5.75 Å². The van der Waals surface area contributed by atoms with Crippen LogP contribution >= 0.6 is 0 Å². The summed E-state index contributed by atoms with van der Waals surface area (Å²) < 4.78 is 5.58. The minimum atomic E-state index is -0.00413. The van der Waals surface area contributed by atoms with Crippen LogP contribution in [0, 0.1) is 5.41 Å². The summed E-state index contributed by atoms with van der Waals surface area (Å²) in [6, 6.07) is 9.72. The molecule has 0 spiro atoms. The Labute approximate surface area is 80.0 Å². The molecule has 0 bridgehead atoms. The normalized spacial score (nSPS) is 11.0. The van der Waals surface area contributed by atoms with Crippen LogP contribution in [0.4, 0.5) is 0 Å². The van der Waals surface area contributed by atoms with E-state index >= 15 is 0 Å². The van der Waals surface area contributed by atoms with Crippen molar-refractivity contribution in [2.45, 2.75) is 20.8 Å². The fraction of sp³-hybridized carbons (Fsp3) is 0.333. The highest BCUT2D eigenvalue weighted by Gasteiger charge is 2.16. The summed E-state index contributed by atoms with van der Waals surface area (Å²) >= 11 is 0. The Kier molecular flexibility index (Phi) is 2.76. The van der Waals surface area contributed by atoms with Gasteiger partial charge in [-0.15, -0.1) is 0 Å². The van der Waals surface area contributed by atoms with E-state index in [2.05, 4.69) is 27.4 Å². The predicted octanol–water partition coefficient (Wildman–Crippen LogP) is 3.63. The van der Waals surface area contributed by atoms with Crippen molar-refractivity contribution in [3.63, 3.8) is 0 Å². The molecule has 1 aromatic carbocycles. The van der Waals surface area contributed by atoms with Crippen LogP contribution < -0.4 is 4.74 Å². The zero-order valence-corrected chi connectivity index (χ0v) is 8.50. The Morgan fingerprint density at radius 2 is 1.69 bits per heavy atom. The third kappa shape index (κ3) is 2.94. The molecule has 0 aromatic heterocycles. The molecule has 0 unspecified atom stereocenters. The minimum Gasteiger partial charge on any atom is -0.462 e. The quantitative estimate of drug-likeness (QED) is 0.625. The third-order valence-corrected chi connectivity index (χ3v) is 1.82. The van der Waals surface area contributed by atoms with Crippen molar-refractivity contribution >= 4 is 0 Å². The largest absolute Gasteiger partial charge is 0.462 e. The van der Waals surface area contributed by atoms with E-state index in [-0.39, 0.29) is 5.41 Å². The Bertz CT molecular complexity index is 280. The molecule has 1 nitrogen and oxygen atoms in total. The molecule has 0 heterocycles. The molecular weight excluding hydrogens is 160 g/mol. The van der Waals surface area contributed by atoms with Crippen molar-refractivity contribution < 1.29 is 4.74 Å². The molecule has 1 heteroatoms. The monoisotopic (exact) mass is 176 g/mol. The SMILES string of the molecule is C=C(Oc1ccccc1)C(C)(C)C. The van der Waals surface area contributed by atoms with Gasteiger partial charge >= 0.3 is 0 Å². The van der Waals surface area contributed by atoms with Gasteiger partial charge in [0.2, 0.25) is 0 Å². The molecule has 1 rings (SSSR count). The Morgan fingerprint density at radius 1 is 1.15 bits per heavy atom. The maximum Gasteiger partial charge on any atom is 0.126 e. The van der Waals surface area contributed by atoms with E-state index in [1.54, 1.807) is 0 Å². The molecular formula is C12H16O. The van der Waals surface area contributed by atoms with Gasteiger partial charge < -0.3 is 4.74 Å². The second-order valence-electron chi connectivity index (χ2n) is 4.09. The topological polar surface area (TPSA) is 9.23 Å². The number of benzene rings is 1. The molecule has 0 aliphatic rings. The first-order valence-corrected chi connectivity index (χ1v) is 4.42. The molecule has 0 atom stereocenters. The Morgan fingerprint density at radius 3 is 2.15 bits per heavy atom. The lowest BCUT2D eigenvalue weighted by Gasteiger charge is -2.21. The van der Waals surface area contributed by atoms with Crippen LogP contribution in [-0.2, 0) is 0 Å². The van der Waals surface area contributed by atoms with E-state index in [4.69, 9.17) is 4.74 Å². The van der Waals surface area contributed by atoms with Crippen molar-refractivity contribution in [1.29, 1.82) is 0 Å². The molecule has 0 saturated carbocycles. The van der Waals surface area contributed by atoms with Crippen LogP contribution in [-0.4, -0.2) is 0 Å². The van der Waals surface area contributed by atoms with Crippen molar-refractivity contribution in [1.82, 2.24) is 0 Å². The highest BCUT2D eigenvalue weighted by Crippen LogP contribution is 2.26. The molecule has 0 amide bonds. The average Bonchev–Trinajstić information content (AvgIpc) is 2.04. The van der Waals surface area contributed by atoms with Gasteiger partial charge in [0.15, 0.2) is 0 Å². The lowest BCUT2D eigenvalue weighted by Crippen LogP contribution is -2.13. The van der Waals surface area contributed by atoms with Gasteiger partial charge in [-0.1, -0.05) is 45.5 Å². The Hall–Kier alpha value is -1.24. The van der Waals surface area contributed by atoms with Gasteiger partial charge in [0.05, 0.1) is 0 Å². The summed E-state index contributed by atoms with van der Waals surface area (Å²) in [5.74, 6) is 1.64. The summed E-state index contributed by atoms with van der Waals surface area (Å²) in [6.45, 7) is 10.1. The lowest BCUT2D eigenvalue weighted by molar-refractivity contribution is 0.296. The van der Waals surface area contributed by atoms with Crippen molar-refractivity contribution in [2.24, 2.45) is 5.41 Å². The van der Waals surface area contributed by atoms with E-state index < -0.39 is 0 Å². The first kappa shape index (κ1) is 9.85. The summed E-state index contributed by atoms with van der Waals surface area (Å²) in [7, 11) is 0. The molecule has 0 aliphatic carbocycles. The second-order valence-corrected chi connectivity index (χ2v) is 4.09. The highest BCUT2D eigenvalue weighted by molar-refractivity contribution is 5.23. The van der Waals surface area contributed by atoms with Gasteiger partial charge in [0.25, 0.3) is 0 Å². The molecule has 0 saturated heterocycles. The summed E-state index contributed by atoms with van der Waals surface area (Å²) in [5.41, 5.74) is -0.00413. The third-order valence-electron chi connectivity index (χ3n) is 1.82. The number of hydrogen-bond donors (Lipinski definition) is 0. The van der Waals surface area contributed by atoms with Gasteiger partial charge in [-0.25, -0.2) is 0 Å². The molecule has 0 radical (unpaired) electrons. The summed E-state index contributed by atoms with van der Waals surface area (Å²) in [4.78, 5) is 0. The standard InChI is InChI=1S/C12H16O/c1-10(12(2,3)4)13-11-8-6-5-7-9-11/h5-9H,1H2,2-4H3. The number of allylic oxidation sites excluding steroid dienone is 1. The van der Waals surface area contributed by atoms with Gasteiger partial charge in [0, 0.05) is 5.41 Å². The molecule has 0 aliphatic heterocycles. The smallest absolute Gasteiger partial charge is 0.126 e. The Balaban J connectivity index is 2.66. The van der Waals surface area contributed by atoms with Crippen LogP contribution in [0.25, 0.3) is 0 Å². The molecule has 70 valence electrons. The first-order valence-electron chi connectivity index (χ1n) is 4.42. The molecule has 1 aromatic rings. The maximum absolute atomic E-state index is 5.58. The predicted molar refractivity (Wildman–Crippen MR) is 55.7 cm³/mol. The number of ether oxygens (including phenoxy) is 1. The average molecular weight is 176 g/mol. The van der Waals surface area contributed by atoms with Gasteiger partial charge in [0.1, 0.15) is 11.5 Å². The minimum absolute atomic E-state index is 0.00413. The van der Waals surface area contributed by atoms with E-state index in [0.717, 1.165) is 11.5 Å². The van der Waals surface area contributed by atoms with Crippen molar-refractivity contribution in [3.05, 3.63) is 42.7 Å². The lowest BCUT2D eigenvalue weighted by atomic mass is 9.95. The van der Waals surface area contributed by atoms with E-state index in [1.807, 2.05) is 30.3 Å². The molecule has 0 fully saturated rings. The summed E-state index contributed by atoms with van der Waals surface area (Å²) in [6.07, 6.45) is 0. The van der Waals surface area contributed by atoms with Crippen LogP contribution in [0.1, 0.15) is 20.8 Å².